The van der Waals surface area contributed by atoms with Crippen LogP contribution in [-0.4, -0.2) is 18.1 Å². The van der Waals surface area contributed by atoms with Gasteiger partial charge in [0.25, 0.3) is 0 Å². The van der Waals surface area contributed by atoms with E-state index in [1.54, 1.807) is 0 Å². The molecule has 1 aromatic rings. The van der Waals surface area contributed by atoms with Gasteiger partial charge in [-0.25, -0.2) is 0 Å². The molecule has 1 saturated carbocycles. The molecule has 0 aromatic heterocycles. The molecule has 1 aliphatic carbocycles. The normalized spacial score (nSPS) is 28.7. The van der Waals surface area contributed by atoms with Crippen LogP contribution in [-0.2, 0) is 22.5 Å². The zero-order valence-corrected chi connectivity index (χ0v) is 12.8. The number of carbonyl (C=O) groups is 1. The van der Waals surface area contributed by atoms with Crippen molar-refractivity contribution in [3.8, 4) is 0 Å². The smallest absolute Gasteiger partial charge is 0.323 e. The molecule has 3 nitrogen and oxygen atoms in total. The van der Waals surface area contributed by atoms with Crippen molar-refractivity contribution in [3.05, 3.63) is 35.4 Å². The Morgan fingerprint density at radius 2 is 2.10 bits per heavy atom. The molecule has 114 valence electrons. The number of fused-ring (bicyclic) bond motifs is 1. The van der Waals surface area contributed by atoms with Crippen LogP contribution in [0.25, 0.3) is 0 Å². The van der Waals surface area contributed by atoms with Crippen LogP contribution in [0.2, 0.25) is 0 Å². The van der Waals surface area contributed by atoms with Gasteiger partial charge in [0.2, 0.25) is 0 Å². The highest BCUT2D eigenvalue weighted by Gasteiger charge is 2.29. The molecule has 3 atom stereocenters. The Labute approximate surface area is 127 Å². The second kappa shape index (κ2) is 6.61. The van der Waals surface area contributed by atoms with Gasteiger partial charge in [-0.2, -0.15) is 0 Å². The van der Waals surface area contributed by atoms with Gasteiger partial charge in [-0.15, -0.1) is 0 Å². The largest absolute Gasteiger partial charge is 0.461 e. The van der Waals surface area contributed by atoms with Gasteiger partial charge in [0.1, 0.15) is 12.1 Å². The summed E-state index contributed by atoms with van der Waals surface area (Å²) in [5.41, 5.74) is 2.57. The average molecular weight is 287 g/mol. The molecule has 3 rings (SSSR count). The fraction of sp³-hybridized carbons (Fsp3) is 0.611. The molecule has 3 heteroatoms. The summed E-state index contributed by atoms with van der Waals surface area (Å²) < 4.78 is 5.78. The Kier molecular flexibility index (Phi) is 4.59. The molecule has 1 heterocycles. The zero-order valence-electron chi connectivity index (χ0n) is 12.8. The van der Waals surface area contributed by atoms with Crippen molar-refractivity contribution in [2.24, 2.45) is 5.92 Å². The molecule has 0 amide bonds. The van der Waals surface area contributed by atoms with E-state index in [-0.39, 0.29) is 18.1 Å². The van der Waals surface area contributed by atoms with E-state index in [2.05, 4.69) is 24.4 Å². The molecule has 0 spiro atoms. The summed E-state index contributed by atoms with van der Waals surface area (Å²) in [5.74, 6) is 0.669. The summed E-state index contributed by atoms with van der Waals surface area (Å²) in [5, 5.41) is 3.32. The Bertz CT molecular complexity index is 500. The molecule has 2 unspecified atom stereocenters. The van der Waals surface area contributed by atoms with E-state index in [0.29, 0.717) is 0 Å². The van der Waals surface area contributed by atoms with Crippen LogP contribution in [0, 0.1) is 5.92 Å². The number of benzene rings is 1. The molecule has 0 saturated heterocycles. The summed E-state index contributed by atoms with van der Waals surface area (Å²) >= 11 is 0. The number of hydrogen-bond donors (Lipinski definition) is 1. The van der Waals surface area contributed by atoms with Crippen LogP contribution in [0.5, 0.6) is 0 Å². The van der Waals surface area contributed by atoms with Crippen LogP contribution in [0.3, 0.4) is 0 Å². The van der Waals surface area contributed by atoms with Crippen LogP contribution >= 0.6 is 0 Å². The lowest BCUT2D eigenvalue weighted by molar-refractivity contribution is -0.154. The number of carbonyl (C=O) groups excluding carboxylic acids is 1. The highest BCUT2D eigenvalue weighted by molar-refractivity contribution is 5.77. The van der Waals surface area contributed by atoms with Crippen molar-refractivity contribution in [2.75, 3.05) is 0 Å². The fourth-order valence-electron chi connectivity index (χ4n) is 3.59. The fourth-order valence-corrected chi connectivity index (χ4v) is 3.59. The summed E-state index contributed by atoms with van der Waals surface area (Å²) in [4.78, 5) is 12.4. The monoisotopic (exact) mass is 287 g/mol. The van der Waals surface area contributed by atoms with Gasteiger partial charge in [0, 0.05) is 6.54 Å². The van der Waals surface area contributed by atoms with Crippen LogP contribution in [0.15, 0.2) is 24.3 Å². The Balaban J connectivity index is 1.57. The SMILES string of the molecule is CCC1CCCC(OC(=O)[C@H]2Cc3ccccc3CN2)C1. The minimum absolute atomic E-state index is 0.0637. The summed E-state index contributed by atoms with van der Waals surface area (Å²) in [6, 6.07) is 8.15. The third kappa shape index (κ3) is 3.46. The maximum Gasteiger partial charge on any atom is 0.323 e. The second-order valence-electron chi connectivity index (χ2n) is 6.41. The predicted molar refractivity (Wildman–Crippen MR) is 82.9 cm³/mol. The number of esters is 1. The average Bonchev–Trinajstić information content (AvgIpc) is 2.54. The Hall–Kier alpha value is -1.35. The van der Waals surface area contributed by atoms with Gasteiger partial charge in [-0.05, 0) is 42.7 Å². The quantitative estimate of drug-likeness (QED) is 0.868. The van der Waals surface area contributed by atoms with Crippen molar-refractivity contribution in [3.63, 3.8) is 0 Å². The van der Waals surface area contributed by atoms with Crippen LogP contribution in [0.4, 0.5) is 0 Å². The third-order valence-corrected chi connectivity index (χ3v) is 4.96. The minimum atomic E-state index is -0.179. The van der Waals surface area contributed by atoms with E-state index in [1.807, 2.05) is 12.1 Å². The molecule has 1 aliphatic heterocycles. The Morgan fingerprint density at radius 3 is 2.90 bits per heavy atom. The standard InChI is InChI=1S/C18H25NO2/c1-2-13-6-5-9-16(10-13)21-18(20)17-11-14-7-3-4-8-15(14)12-19-17/h3-4,7-8,13,16-17,19H,2,5-6,9-12H2,1H3/t13?,16?,17-/m1/s1. The molecule has 1 fully saturated rings. The first kappa shape index (κ1) is 14.6. The highest BCUT2D eigenvalue weighted by atomic mass is 16.5. The van der Waals surface area contributed by atoms with Gasteiger partial charge >= 0.3 is 5.97 Å². The number of ether oxygens (including phenoxy) is 1. The van der Waals surface area contributed by atoms with Crippen LogP contribution in [0.1, 0.15) is 50.2 Å². The van der Waals surface area contributed by atoms with E-state index in [0.717, 1.165) is 31.7 Å². The van der Waals surface area contributed by atoms with Crippen molar-refractivity contribution in [1.29, 1.82) is 0 Å². The molecular weight excluding hydrogens is 262 g/mol. The molecular formula is C18H25NO2. The maximum atomic E-state index is 12.4. The number of nitrogens with one attached hydrogen (secondary N) is 1. The molecule has 0 radical (unpaired) electrons. The van der Waals surface area contributed by atoms with Crippen molar-refractivity contribution in [1.82, 2.24) is 5.32 Å². The second-order valence-corrected chi connectivity index (χ2v) is 6.41. The zero-order chi connectivity index (χ0) is 14.7. The molecule has 2 aliphatic rings. The maximum absolute atomic E-state index is 12.4. The lowest BCUT2D eigenvalue weighted by Crippen LogP contribution is -2.44. The minimum Gasteiger partial charge on any atom is -0.461 e. The Morgan fingerprint density at radius 1 is 1.29 bits per heavy atom. The van der Waals surface area contributed by atoms with Crippen molar-refractivity contribution >= 4 is 5.97 Å². The van der Waals surface area contributed by atoms with E-state index in [4.69, 9.17) is 4.74 Å². The first-order chi connectivity index (χ1) is 10.3. The van der Waals surface area contributed by atoms with Gasteiger partial charge in [0.15, 0.2) is 0 Å². The number of hydrogen-bond acceptors (Lipinski definition) is 3. The van der Waals surface area contributed by atoms with Crippen LogP contribution < -0.4 is 5.32 Å². The first-order valence-corrected chi connectivity index (χ1v) is 8.27. The number of rotatable bonds is 3. The van der Waals surface area contributed by atoms with E-state index in [9.17, 15) is 4.79 Å². The van der Waals surface area contributed by atoms with E-state index < -0.39 is 0 Å². The van der Waals surface area contributed by atoms with E-state index in [1.165, 1.54) is 30.4 Å². The lowest BCUT2D eigenvalue weighted by atomic mass is 9.85. The topological polar surface area (TPSA) is 38.3 Å². The highest BCUT2D eigenvalue weighted by Crippen LogP contribution is 2.29. The lowest BCUT2D eigenvalue weighted by Gasteiger charge is -2.31. The molecule has 1 aromatic carbocycles. The summed E-state index contributed by atoms with van der Waals surface area (Å²) in [7, 11) is 0. The van der Waals surface area contributed by atoms with Gasteiger partial charge in [-0.3, -0.25) is 4.79 Å². The first-order valence-electron chi connectivity index (χ1n) is 8.27. The van der Waals surface area contributed by atoms with Gasteiger partial charge < -0.3 is 10.1 Å². The third-order valence-electron chi connectivity index (χ3n) is 4.96. The summed E-state index contributed by atoms with van der Waals surface area (Å²) in [6.45, 7) is 2.99. The van der Waals surface area contributed by atoms with Gasteiger partial charge in [0.05, 0.1) is 0 Å². The molecule has 21 heavy (non-hydrogen) atoms. The predicted octanol–water partition coefficient (Wildman–Crippen LogP) is 3.21. The summed E-state index contributed by atoms with van der Waals surface area (Å²) in [6.07, 6.45) is 6.64. The molecule has 1 N–H and O–H groups in total. The van der Waals surface area contributed by atoms with Crippen molar-refractivity contribution < 1.29 is 9.53 Å². The molecule has 0 bridgehead atoms. The van der Waals surface area contributed by atoms with Gasteiger partial charge in [-0.1, -0.05) is 44.0 Å². The van der Waals surface area contributed by atoms with E-state index >= 15 is 0 Å². The van der Waals surface area contributed by atoms with Crippen molar-refractivity contribution in [2.45, 2.75) is 64.1 Å².